The van der Waals surface area contributed by atoms with Crippen molar-refractivity contribution in [3.63, 3.8) is 0 Å². The fraction of sp³-hybridized carbons (Fsp3) is 0.643. The number of ketones is 1. The first-order valence-corrected chi connectivity index (χ1v) is 7.25. The molecule has 1 saturated heterocycles. The molecule has 2 rings (SSSR count). The van der Waals surface area contributed by atoms with Crippen LogP contribution in [0.5, 0.6) is 0 Å². The zero-order chi connectivity index (χ0) is 12.4. The van der Waals surface area contributed by atoms with Crippen molar-refractivity contribution in [1.29, 1.82) is 0 Å². The van der Waals surface area contributed by atoms with Crippen LogP contribution < -0.4 is 0 Å². The maximum Gasteiger partial charge on any atom is 0.186 e. The van der Waals surface area contributed by atoms with Crippen LogP contribution in [0.3, 0.4) is 0 Å². The standard InChI is InChI=1S/C14H21NOS/c1-10-5-4-6-11(2)15(10)9-13(16)14-8-7-12(3)17-14/h7-8,10-11H,4-6,9H2,1-3H3/t10-,11+. The summed E-state index contributed by atoms with van der Waals surface area (Å²) in [5, 5.41) is 0. The highest BCUT2D eigenvalue weighted by molar-refractivity contribution is 7.14. The number of piperidine rings is 1. The van der Waals surface area contributed by atoms with E-state index >= 15 is 0 Å². The van der Waals surface area contributed by atoms with Crippen molar-refractivity contribution in [2.75, 3.05) is 6.54 Å². The molecule has 0 saturated carbocycles. The smallest absolute Gasteiger partial charge is 0.186 e. The summed E-state index contributed by atoms with van der Waals surface area (Å²) in [6, 6.07) is 5.08. The van der Waals surface area contributed by atoms with E-state index in [9.17, 15) is 4.79 Å². The summed E-state index contributed by atoms with van der Waals surface area (Å²) < 4.78 is 0. The number of carbonyl (C=O) groups is 1. The number of Topliss-reactive ketones (excluding diaryl/α,β-unsaturated/α-hetero) is 1. The summed E-state index contributed by atoms with van der Waals surface area (Å²) in [6.07, 6.45) is 3.74. The van der Waals surface area contributed by atoms with E-state index in [-0.39, 0.29) is 5.78 Å². The van der Waals surface area contributed by atoms with E-state index in [1.165, 1.54) is 24.1 Å². The normalized spacial score (nSPS) is 26.1. The number of thiophene rings is 1. The van der Waals surface area contributed by atoms with Crippen molar-refractivity contribution < 1.29 is 4.79 Å². The maximum absolute atomic E-state index is 12.2. The number of likely N-dealkylation sites (tertiary alicyclic amines) is 1. The van der Waals surface area contributed by atoms with Gasteiger partial charge in [-0.05, 0) is 45.7 Å². The van der Waals surface area contributed by atoms with Gasteiger partial charge in [-0.3, -0.25) is 9.69 Å². The molecule has 0 N–H and O–H groups in total. The lowest BCUT2D eigenvalue weighted by Crippen LogP contribution is -2.46. The molecule has 1 aromatic heterocycles. The van der Waals surface area contributed by atoms with Crippen LogP contribution in [0.2, 0.25) is 0 Å². The summed E-state index contributed by atoms with van der Waals surface area (Å²) in [4.78, 5) is 16.7. The number of aryl methyl sites for hydroxylation is 1. The summed E-state index contributed by atoms with van der Waals surface area (Å²) in [7, 11) is 0. The van der Waals surface area contributed by atoms with Gasteiger partial charge in [-0.25, -0.2) is 0 Å². The third-order valence-corrected chi connectivity index (χ3v) is 4.76. The molecule has 0 amide bonds. The van der Waals surface area contributed by atoms with Gasteiger partial charge >= 0.3 is 0 Å². The zero-order valence-corrected chi connectivity index (χ0v) is 11.7. The molecule has 1 aliphatic heterocycles. The minimum Gasteiger partial charge on any atom is -0.292 e. The fourth-order valence-electron chi connectivity index (χ4n) is 2.61. The highest BCUT2D eigenvalue weighted by Crippen LogP contribution is 2.23. The van der Waals surface area contributed by atoms with E-state index in [0.717, 1.165) is 4.88 Å². The third kappa shape index (κ3) is 2.96. The summed E-state index contributed by atoms with van der Waals surface area (Å²) in [5.74, 6) is 0.281. The fourth-order valence-corrected chi connectivity index (χ4v) is 3.41. The summed E-state index contributed by atoms with van der Waals surface area (Å²) in [5.41, 5.74) is 0. The topological polar surface area (TPSA) is 20.3 Å². The van der Waals surface area contributed by atoms with Gasteiger partial charge in [-0.15, -0.1) is 11.3 Å². The highest BCUT2D eigenvalue weighted by Gasteiger charge is 2.26. The second-order valence-corrected chi connectivity index (χ2v) is 6.42. The molecule has 1 aliphatic rings. The van der Waals surface area contributed by atoms with Crippen LogP contribution in [0.1, 0.15) is 47.7 Å². The Morgan fingerprint density at radius 1 is 1.35 bits per heavy atom. The molecular weight excluding hydrogens is 230 g/mol. The van der Waals surface area contributed by atoms with Gasteiger partial charge in [-0.1, -0.05) is 6.42 Å². The van der Waals surface area contributed by atoms with Crippen molar-refractivity contribution in [2.24, 2.45) is 0 Å². The predicted octanol–water partition coefficient (Wildman–Crippen LogP) is 3.50. The SMILES string of the molecule is Cc1ccc(C(=O)CN2[C@H](C)CCC[C@@H]2C)s1. The molecule has 0 aliphatic carbocycles. The van der Waals surface area contributed by atoms with Crippen LogP contribution in [0.25, 0.3) is 0 Å². The maximum atomic E-state index is 12.2. The van der Waals surface area contributed by atoms with E-state index in [1.807, 2.05) is 19.1 Å². The average Bonchev–Trinajstić information content (AvgIpc) is 2.70. The minimum atomic E-state index is 0.281. The molecule has 94 valence electrons. The summed E-state index contributed by atoms with van der Waals surface area (Å²) in [6.45, 7) is 7.11. The first-order valence-electron chi connectivity index (χ1n) is 6.43. The molecule has 2 atom stereocenters. The van der Waals surface area contributed by atoms with Gasteiger partial charge in [0.2, 0.25) is 0 Å². The van der Waals surface area contributed by atoms with Gasteiger partial charge in [0, 0.05) is 17.0 Å². The molecule has 2 heterocycles. The predicted molar refractivity (Wildman–Crippen MR) is 72.9 cm³/mol. The van der Waals surface area contributed by atoms with Crippen LogP contribution in [0.4, 0.5) is 0 Å². The molecule has 17 heavy (non-hydrogen) atoms. The molecule has 0 unspecified atom stereocenters. The van der Waals surface area contributed by atoms with E-state index in [0.29, 0.717) is 18.6 Å². The largest absolute Gasteiger partial charge is 0.292 e. The monoisotopic (exact) mass is 251 g/mol. The second kappa shape index (κ2) is 5.32. The second-order valence-electron chi connectivity index (χ2n) is 5.13. The minimum absolute atomic E-state index is 0.281. The Hall–Kier alpha value is -0.670. The Morgan fingerprint density at radius 3 is 2.53 bits per heavy atom. The van der Waals surface area contributed by atoms with E-state index < -0.39 is 0 Å². The molecule has 3 heteroatoms. The summed E-state index contributed by atoms with van der Waals surface area (Å²) >= 11 is 1.61. The number of hydrogen-bond acceptors (Lipinski definition) is 3. The lowest BCUT2D eigenvalue weighted by Gasteiger charge is -2.38. The van der Waals surface area contributed by atoms with Gasteiger partial charge in [0.1, 0.15) is 0 Å². The highest BCUT2D eigenvalue weighted by atomic mass is 32.1. The molecule has 1 aromatic rings. The molecule has 0 aromatic carbocycles. The van der Waals surface area contributed by atoms with Crippen LogP contribution in [0, 0.1) is 6.92 Å². The van der Waals surface area contributed by atoms with E-state index in [1.54, 1.807) is 11.3 Å². The number of hydrogen-bond donors (Lipinski definition) is 0. The zero-order valence-electron chi connectivity index (χ0n) is 10.9. The molecule has 0 radical (unpaired) electrons. The molecule has 2 nitrogen and oxygen atoms in total. The van der Waals surface area contributed by atoms with Crippen molar-refractivity contribution >= 4 is 17.1 Å². The number of rotatable bonds is 3. The lowest BCUT2D eigenvalue weighted by molar-refractivity contribution is 0.0738. The van der Waals surface area contributed by atoms with Crippen LogP contribution >= 0.6 is 11.3 Å². The van der Waals surface area contributed by atoms with Crippen molar-refractivity contribution in [3.05, 3.63) is 21.9 Å². The lowest BCUT2D eigenvalue weighted by atomic mass is 9.97. The molecular formula is C14H21NOS. The Kier molecular flexibility index (Phi) is 4.00. The van der Waals surface area contributed by atoms with Crippen LogP contribution in [-0.4, -0.2) is 29.3 Å². The van der Waals surface area contributed by atoms with Crippen LogP contribution in [0.15, 0.2) is 12.1 Å². The first-order chi connectivity index (χ1) is 8.08. The molecule has 1 fully saturated rings. The Balaban J connectivity index is 2.02. The molecule has 0 bridgehead atoms. The van der Waals surface area contributed by atoms with Gasteiger partial charge in [0.05, 0.1) is 11.4 Å². The van der Waals surface area contributed by atoms with Gasteiger partial charge in [-0.2, -0.15) is 0 Å². The van der Waals surface area contributed by atoms with Gasteiger partial charge in [0.15, 0.2) is 5.78 Å². The van der Waals surface area contributed by atoms with Crippen LogP contribution in [-0.2, 0) is 0 Å². The van der Waals surface area contributed by atoms with Crippen molar-refractivity contribution in [3.8, 4) is 0 Å². The molecule has 0 spiro atoms. The first kappa shape index (κ1) is 12.8. The number of nitrogens with zero attached hydrogens (tertiary/aromatic N) is 1. The van der Waals surface area contributed by atoms with Crippen molar-refractivity contribution in [2.45, 2.75) is 52.1 Å². The van der Waals surface area contributed by atoms with Gasteiger partial charge < -0.3 is 0 Å². The Morgan fingerprint density at radius 2 is 2.00 bits per heavy atom. The Labute approximate surface area is 108 Å². The van der Waals surface area contributed by atoms with E-state index in [4.69, 9.17) is 0 Å². The van der Waals surface area contributed by atoms with E-state index in [2.05, 4.69) is 18.7 Å². The van der Waals surface area contributed by atoms with Crippen molar-refractivity contribution in [1.82, 2.24) is 4.90 Å². The third-order valence-electron chi connectivity index (χ3n) is 3.72. The number of carbonyl (C=O) groups excluding carboxylic acids is 1. The quantitative estimate of drug-likeness (QED) is 0.766. The average molecular weight is 251 g/mol. The Bertz CT molecular complexity index is 389. The van der Waals surface area contributed by atoms with Gasteiger partial charge in [0.25, 0.3) is 0 Å².